The molecule has 0 fully saturated rings. The van der Waals surface area contributed by atoms with Gasteiger partial charge in [-0.25, -0.2) is 13.8 Å². The molecule has 0 amide bonds. The number of nitrogens with two attached hydrogens (primary N) is 1. The van der Waals surface area contributed by atoms with Crippen LogP contribution in [0.5, 0.6) is 0 Å². The molecule has 0 saturated carbocycles. The zero-order chi connectivity index (χ0) is 10.7. The molecule has 0 unspecified atom stereocenters. The van der Waals surface area contributed by atoms with Crippen LogP contribution in [0.25, 0.3) is 0 Å². The number of hydrogen-bond donors (Lipinski definition) is 2. The summed E-state index contributed by atoms with van der Waals surface area (Å²) < 4.78 is 24.7. The number of alkyl halides is 2. The largest absolute Gasteiger partial charge is 0.396 e. The van der Waals surface area contributed by atoms with E-state index >= 15 is 0 Å². The van der Waals surface area contributed by atoms with Gasteiger partial charge in [0.15, 0.2) is 5.69 Å². The van der Waals surface area contributed by atoms with Gasteiger partial charge in [-0.1, -0.05) is 0 Å². The predicted molar refractivity (Wildman–Crippen MR) is 44.2 cm³/mol. The van der Waals surface area contributed by atoms with E-state index in [9.17, 15) is 8.78 Å². The smallest absolute Gasteiger partial charge is 0.265 e. The molecule has 0 aromatic carbocycles. The third-order valence-electron chi connectivity index (χ3n) is 1.76. The van der Waals surface area contributed by atoms with Gasteiger partial charge in [-0.05, 0) is 0 Å². The van der Waals surface area contributed by atoms with Crippen molar-refractivity contribution in [2.45, 2.75) is 13.0 Å². The van der Waals surface area contributed by atoms with Crippen molar-refractivity contribution in [3.8, 4) is 6.07 Å². The fraction of sp³-hybridized carbons (Fsp3) is 0.250. The van der Waals surface area contributed by atoms with Gasteiger partial charge in [-0.2, -0.15) is 5.26 Å². The molecule has 3 N–H and O–H groups in total. The molecule has 0 aliphatic carbocycles. The highest BCUT2D eigenvalue weighted by Gasteiger charge is 2.17. The fourth-order valence-corrected chi connectivity index (χ4v) is 1.03. The van der Waals surface area contributed by atoms with E-state index in [1.54, 1.807) is 6.07 Å². The molecule has 14 heavy (non-hydrogen) atoms. The average Bonchev–Trinajstić information content (AvgIpc) is 2.17. The first kappa shape index (κ1) is 10.3. The van der Waals surface area contributed by atoms with Crippen molar-refractivity contribution in [2.75, 3.05) is 5.73 Å². The van der Waals surface area contributed by atoms with Gasteiger partial charge < -0.3 is 10.8 Å². The SMILES string of the molecule is N#Cc1ncc(C(F)F)c(CO)c1N. The Morgan fingerprint density at radius 1 is 1.64 bits per heavy atom. The van der Waals surface area contributed by atoms with E-state index in [1.807, 2.05) is 0 Å². The lowest BCUT2D eigenvalue weighted by Crippen LogP contribution is -2.05. The monoisotopic (exact) mass is 199 g/mol. The molecule has 1 heterocycles. The Hall–Kier alpha value is -1.74. The maximum Gasteiger partial charge on any atom is 0.265 e. The van der Waals surface area contributed by atoms with Crippen LogP contribution in [0.2, 0.25) is 0 Å². The standard InChI is InChI=1S/C8H7F2N3O/c9-8(10)4-2-13-6(1-11)7(12)5(4)3-14/h2,8,14H,3,12H2. The van der Waals surface area contributed by atoms with Crippen molar-refractivity contribution in [1.29, 1.82) is 5.26 Å². The Morgan fingerprint density at radius 3 is 2.71 bits per heavy atom. The van der Waals surface area contributed by atoms with Gasteiger partial charge in [-0.3, -0.25) is 0 Å². The van der Waals surface area contributed by atoms with Crippen LogP contribution in [-0.2, 0) is 6.61 Å². The number of rotatable bonds is 2. The molecule has 0 spiro atoms. The van der Waals surface area contributed by atoms with Crippen molar-refractivity contribution in [1.82, 2.24) is 4.98 Å². The van der Waals surface area contributed by atoms with Crippen LogP contribution in [0.3, 0.4) is 0 Å². The zero-order valence-corrected chi connectivity index (χ0v) is 7.04. The lowest BCUT2D eigenvalue weighted by Gasteiger charge is -2.09. The summed E-state index contributed by atoms with van der Waals surface area (Å²) in [6.45, 7) is -0.636. The second-order valence-corrected chi connectivity index (χ2v) is 2.52. The Kier molecular flexibility index (Phi) is 2.94. The van der Waals surface area contributed by atoms with E-state index in [2.05, 4.69) is 4.98 Å². The first-order chi connectivity index (χ1) is 6.61. The van der Waals surface area contributed by atoms with Crippen LogP contribution < -0.4 is 5.73 Å². The van der Waals surface area contributed by atoms with Gasteiger partial charge in [0.05, 0.1) is 12.3 Å². The maximum atomic E-state index is 12.3. The van der Waals surface area contributed by atoms with E-state index in [1.165, 1.54) is 0 Å². The van der Waals surface area contributed by atoms with Crippen molar-refractivity contribution in [3.63, 3.8) is 0 Å². The number of hydrogen-bond acceptors (Lipinski definition) is 4. The molecule has 0 aliphatic heterocycles. The van der Waals surface area contributed by atoms with Crippen molar-refractivity contribution < 1.29 is 13.9 Å². The van der Waals surface area contributed by atoms with Gasteiger partial charge in [0.1, 0.15) is 6.07 Å². The summed E-state index contributed by atoms with van der Waals surface area (Å²) in [7, 11) is 0. The molecule has 0 aliphatic rings. The third kappa shape index (κ3) is 1.63. The first-order valence-corrected chi connectivity index (χ1v) is 3.68. The summed E-state index contributed by atoms with van der Waals surface area (Å²) in [5, 5.41) is 17.3. The topological polar surface area (TPSA) is 82.9 Å². The Morgan fingerprint density at radius 2 is 2.29 bits per heavy atom. The number of pyridine rings is 1. The summed E-state index contributed by atoms with van der Waals surface area (Å²) >= 11 is 0. The van der Waals surface area contributed by atoms with Gasteiger partial charge in [-0.15, -0.1) is 0 Å². The minimum Gasteiger partial charge on any atom is -0.396 e. The number of aromatic nitrogens is 1. The number of halogens is 2. The molecule has 1 aromatic heterocycles. The summed E-state index contributed by atoms with van der Waals surface area (Å²) in [4.78, 5) is 3.45. The summed E-state index contributed by atoms with van der Waals surface area (Å²) in [5.41, 5.74) is 4.45. The average molecular weight is 199 g/mol. The Balaban J connectivity index is 3.38. The Labute approximate surface area is 78.6 Å². The molecule has 1 aromatic rings. The van der Waals surface area contributed by atoms with Gasteiger partial charge in [0.25, 0.3) is 6.43 Å². The summed E-state index contributed by atoms with van der Waals surface area (Å²) in [5.74, 6) is 0. The fourth-order valence-electron chi connectivity index (χ4n) is 1.03. The van der Waals surface area contributed by atoms with Crippen LogP contribution in [0.15, 0.2) is 6.20 Å². The molecule has 4 nitrogen and oxygen atoms in total. The van der Waals surface area contributed by atoms with Crippen molar-refractivity contribution >= 4 is 5.69 Å². The third-order valence-corrected chi connectivity index (χ3v) is 1.76. The van der Waals surface area contributed by atoms with Crippen LogP contribution in [0.4, 0.5) is 14.5 Å². The lowest BCUT2D eigenvalue weighted by molar-refractivity contribution is 0.147. The summed E-state index contributed by atoms with van der Waals surface area (Å²) in [6.07, 6.45) is -1.91. The van der Waals surface area contributed by atoms with Gasteiger partial charge >= 0.3 is 0 Å². The highest BCUT2D eigenvalue weighted by Crippen LogP contribution is 2.27. The molecule has 0 bridgehead atoms. The molecule has 1 rings (SSSR count). The number of aliphatic hydroxyl groups is 1. The molecule has 0 saturated heterocycles. The zero-order valence-electron chi connectivity index (χ0n) is 7.04. The second kappa shape index (κ2) is 3.98. The number of aliphatic hydroxyl groups excluding tert-OH is 1. The van der Waals surface area contributed by atoms with Crippen LogP contribution in [0.1, 0.15) is 23.2 Å². The van der Waals surface area contributed by atoms with Crippen LogP contribution >= 0.6 is 0 Å². The Bertz CT molecular complexity index is 387. The molecule has 74 valence electrons. The number of nitrogen functional groups attached to an aromatic ring is 1. The molecular weight excluding hydrogens is 192 g/mol. The van der Waals surface area contributed by atoms with E-state index in [0.717, 1.165) is 6.20 Å². The summed E-state index contributed by atoms with van der Waals surface area (Å²) in [6, 6.07) is 1.64. The molecular formula is C8H7F2N3O. The number of anilines is 1. The van der Waals surface area contributed by atoms with Gasteiger partial charge in [0.2, 0.25) is 0 Å². The van der Waals surface area contributed by atoms with E-state index in [4.69, 9.17) is 16.1 Å². The minimum atomic E-state index is -2.76. The van der Waals surface area contributed by atoms with Crippen molar-refractivity contribution in [2.24, 2.45) is 0 Å². The second-order valence-electron chi connectivity index (χ2n) is 2.52. The molecule has 6 heteroatoms. The minimum absolute atomic E-state index is 0.133. The van der Waals surface area contributed by atoms with E-state index in [0.29, 0.717) is 0 Å². The highest BCUT2D eigenvalue weighted by atomic mass is 19.3. The van der Waals surface area contributed by atoms with Crippen LogP contribution in [-0.4, -0.2) is 10.1 Å². The molecule has 0 radical (unpaired) electrons. The highest BCUT2D eigenvalue weighted by molar-refractivity contribution is 5.58. The van der Waals surface area contributed by atoms with Crippen molar-refractivity contribution in [3.05, 3.63) is 23.0 Å². The van der Waals surface area contributed by atoms with Crippen LogP contribution in [0, 0.1) is 11.3 Å². The first-order valence-electron chi connectivity index (χ1n) is 3.68. The lowest BCUT2D eigenvalue weighted by atomic mass is 10.1. The van der Waals surface area contributed by atoms with E-state index < -0.39 is 18.6 Å². The van der Waals surface area contributed by atoms with Gasteiger partial charge in [0, 0.05) is 17.3 Å². The quantitative estimate of drug-likeness (QED) is 0.743. The molecule has 0 atom stereocenters. The number of nitrogens with zero attached hydrogens (tertiary/aromatic N) is 2. The predicted octanol–water partition coefficient (Wildman–Crippen LogP) is 0.965. The maximum absolute atomic E-state index is 12.3. The number of nitriles is 1. The van der Waals surface area contributed by atoms with E-state index in [-0.39, 0.29) is 16.9 Å². The normalized spacial score (nSPS) is 10.2.